The van der Waals surface area contributed by atoms with Crippen LogP contribution in [0.2, 0.25) is 0 Å². The number of amides is 1. The predicted molar refractivity (Wildman–Crippen MR) is 72.8 cm³/mol. The number of nitrogens with one attached hydrogen (secondary N) is 2. The standard InChI is InChI=1S/C14H11F3N2O3/c1-7-2-4-9(12(20)18-7)13(21)19-8-3-5-11(10(15)6-8)22-14(16)17/h2-6,14H,1H3,(H,18,20)(H,19,21). The van der Waals surface area contributed by atoms with E-state index >= 15 is 0 Å². The zero-order chi connectivity index (χ0) is 16.3. The quantitative estimate of drug-likeness (QED) is 0.912. The Morgan fingerprint density at radius 3 is 2.59 bits per heavy atom. The Morgan fingerprint density at radius 1 is 1.27 bits per heavy atom. The van der Waals surface area contributed by atoms with E-state index in [0.29, 0.717) is 5.69 Å². The van der Waals surface area contributed by atoms with E-state index in [1.54, 1.807) is 6.92 Å². The molecule has 0 bridgehead atoms. The van der Waals surface area contributed by atoms with Gasteiger partial charge in [0, 0.05) is 17.4 Å². The van der Waals surface area contributed by atoms with Crippen molar-refractivity contribution in [2.45, 2.75) is 13.5 Å². The molecule has 0 aliphatic heterocycles. The Hall–Kier alpha value is -2.77. The Bertz CT molecular complexity index is 759. The number of alkyl halides is 2. The normalized spacial score (nSPS) is 10.6. The second-order valence-corrected chi connectivity index (χ2v) is 4.36. The van der Waals surface area contributed by atoms with Crippen LogP contribution in [0.3, 0.4) is 0 Å². The summed E-state index contributed by atoms with van der Waals surface area (Å²) in [6.45, 7) is -1.50. The summed E-state index contributed by atoms with van der Waals surface area (Å²) in [5.41, 5.74) is -0.153. The molecule has 1 amide bonds. The summed E-state index contributed by atoms with van der Waals surface area (Å²) in [5.74, 6) is -2.44. The van der Waals surface area contributed by atoms with E-state index in [9.17, 15) is 22.8 Å². The Kier molecular flexibility index (Phi) is 4.50. The first-order chi connectivity index (χ1) is 10.4. The van der Waals surface area contributed by atoms with Crippen molar-refractivity contribution >= 4 is 11.6 Å². The van der Waals surface area contributed by atoms with Gasteiger partial charge in [-0.05, 0) is 31.2 Å². The molecule has 0 unspecified atom stereocenters. The lowest BCUT2D eigenvalue weighted by atomic mass is 10.2. The Morgan fingerprint density at radius 2 is 2.00 bits per heavy atom. The molecular weight excluding hydrogens is 301 g/mol. The van der Waals surface area contributed by atoms with Gasteiger partial charge in [-0.25, -0.2) is 4.39 Å². The van der Waals surface area contributed by atoms with Crippen molar-refractivity contribution in [3.8, 4) is 5.75 Å². The van der Waals surface area contributed by atoms with Gasteiger partial charge >= 0.3 is 6.61 Å². The second kappa shape index (κ2) is 6.33. The average Bonchev–Trinajstić information content (AvgIpc) is 2.41. The minimum atomic E-state index is -3.15. The van der Waals surface area contributed by atoms with Crippen molar-refractivity contribution < 1.29 is 22.7 Å². The SMILES string of the molecule is Cc1ccc(C(=O)Nc2ccc(OC(F)F)c(F)c2)c(=O)[nH]1. The summed E-state index contributed by atoms with van der Waals surface area (Å²) in [5, 5.41) is 2.30. The van der Waals surface area contributed by atoms with Crippen LogP contribution in [0.5, 0.6) is 5.75 Å². The highest BCUT2D eigenvalue weighted by atomic mass is 19.3. The van der Waals surface area contributed by atoms with Gasteiger partial charge < -0.3 is 15.0 Å². The molecule has 1 aromatic heterocycles. The van der Waals surface area contributed by atoms with Crippen molar-refractivity contribution in [3.05, 3.63) is 57.8 Å². The molecule has 0 saturated carbocycles. The fraction of sp³-hybridized carbons (Fsp3) is 0.143. The van der Waals surface area contributed by atoms with E-state index in [0.717, 1.165) is 12.1 Å². The molecule has 0 radical (unpaired) electrons. The molecule has 116 valence electrons. The van der Waals surface area contributed by atoms with Crippen LogP contribution in [0.1, 0.15) is 16.1 Å². The van der Waals surface area contributed by atoms with Crippen LogP contribution in [0.15, 0.2) is 35.1 Å². The predicted octanol–water partition coefficient (Wildman–Crippen LogP) is 2.68. The molecule has 0 atom stereocenters. The molecule has 0 fully saturated rings. The van der Waals surface area contributed by atoms with Gasteiger partial charge in [-0.2, -0.15) is 8.78 Å². The van der Waals surface area contributed by atoms with Gasteiger partial charge in [0.05, 0.1) is 0 Å². The van der Waals surface area contributed by atoms with E-state index < -0.39 is 29.6 Å². The van der Waals surface area contributed by atoms with E-state index in [1.807, 2.05) is 0 Å². The number of anilines is 1. The van der Waals surface area contributed by atoms with Crippen molar-refractivity contribution in [2.24, 2.45) is 0 Å². The summed E-state index contributed by atoms with van der Waals surface area (Å²) in [4.78, 5) is 26.0. The molecule has 22 heavy (non-hydrogen) atoms. The number of carbonyl (C=O) groups is 1. The molecule has 1 heterocycles. The number of carbonyl (C=O) groups excluding carboxylic acids is 1. The summed E-state index contributed by atoms with van der Waals surface area (Å²) < 4.78 is 41.5. The maximum Gasteiger partial charge on any atom is 0.387 e. The smallest absolute Gasteiger partial charge is 0.387 e. The largest absolute Gasteiger partial charge is 0.432 e. The first kappa shape index (κ1) is 15.6. The molecule has 2 rings (SSSR count). The van der Waals surface area contributed by atoms with E-state index in [4.69, 9.17) is 0 Å². The topological polar surface area (TPSA) is 71.2 Å². The lowest BCUT2D eigenvalue weighted by Gasteiger charge is -2.08. The van der Waals surface area contributed by atoms with Crippen LogP contribution in [-0.2, 0) is 0 Å². The highest BCUT2D eigenvalue weighted by Crippen LogP contribution is 2.23. The molecule has 2 aromatic rings. The number of pyridine rings is 1. The van der Waals surface area contributed by atoms with Gasteiger partial charge in [0.1, 0.15) is 5.56 Å². The number of hydrogen-bond donors (Lipinski definition) is 2. The number of ether oxygens (including phenoxy) is 1. The molecule has 0 saturated heterocycles. The van der Waals surface area contributed by atoms with Gasteiger partial charge in [-0.15, -0.1) is 0 Å². The van der Waals surface area contributed by atoms with E-state index in [2.05, 4.69) is 15.0 Å². The summed E-state index contributed by atoms with van der Waals surface area (Å²) in [6.07, 6.45) is 0. The van der Waals surface area contributed by atoms with Crippen molar-refractivity contribution in [3.63, 3.8) is 0 Å². The van der Waals surface area contributed by atoms with Gasteiger partial charge in [-0.3, -0.25) is 9.59 Å². The molecule has 0 aliphatic rings. The zero-order valence-corrected chi connectivity index (χ0v) is 11.3. The van der Waals surface area contributed by atoms with Crippen molar-refractivity contribution in [1.29, 1.82) is 0 Å². The number of aromatic nitrogens is 1. The number of H-pyrrole nitrogens is 1. The third-order valence-corrected chi connectivity index (χ3v) is 2.71. The first-order valence-electron chi connectivity index (χ1n) is 6.12. The molecule has 2 N–H and O–H groups in total. The summed E-state index contributed by atoms with van der Waals surface area (Å²) in [6, 6.07) is 5.82. The third-order valence-electron chi connectivity index (χ3n) is 2.71. The number of aromatic amines is 1. The molecular formula is C14H11F3N2O3. The Labute approximate surface area is 122 Å². The lowest BCUT2D eigenvalue weighted by molar-refractivity contribution is -0.0521. The average molecular weight is 312 g/mol. The van der Waals surface area contributed by atoms with Crippen LogP contribution < -0.4 is 15.6 Å². The number of rotatable bonds is 4. The number of hydrogen-bond acceptors (Lipinski definition) is 3. The highest BCUT2D eigenvalue weighted by molar-refractivity contribution is 6.04. The molecule has 0 aliphatic carbocycles. The lowest BCUT2D eigenvalue weighted by Crippen LogP contribution is -2.23. The van der Waals surface area contributed by atoms with Gasteiger partial charge in [0.25, 0.3) is 11.5 Å². The van der Waals surface area contributed by atoms with E-state index in [1.165, 1.54) is 18.2 Å². The number of halogens is 3. The monoisotopic (exact) mass is 312 g/mol. The number of aryl methyl sites for hydroxylation is 1. The summed E-state index contributed by atoms with van der Waals surface area (Å²) in [7, 11) is 0. The van der Waals surface area contributed by atoms with Crippen molar-refractivity contribution in [2.75, 3.05) is 5.32 Å². The zero-order valence-electron chi connectivity index (χ0n) is 11.3. The van der Waals surface area contributed by atoms with Crippen LogP contribution in [0.4, 0.5) is 18.9 Å². The third kappa shape index (κ3) is 3.66. The van der Waals surface area contributed by atoms with Crippen LogP contribution >= 0.6 is 0 Å². The second-order valence-electron chi connectivity index (χ2n) is 4.36. The van der Waals surface area contributed by atoms with Gasteiger partial charge in [0.2, 0.25) is 0 Å². The fourth-order valence-electron chi connectivity index (χ4n) is 1.72. The highest BCUT2D eigenvalue weighted by Gasteiger charge is 2.14. The molecule has 8 heteroatoms. The maximum absolute atomic E-state index is 13.5. The Balaban J connectivity index is 2.18. The molecule has 1 aromatic carbocycles. The fourth-order valence-corrected chi connectivity index (χ4v) is 1.72. The summed E-state index contributed by atoms with van der Waals surface area (Å²) >= 11 is 0. The van der Waals surface area contributed by atoms with Crippen LogP contribution in [0, 0.1) is 12.7 Å². The van der Waals surface area contributed by atoms with Crippen LogP contribution in [0.25, 0.3) is 0 Å². The van der Waals surface area contributed by atoms with Gasteiger partial charge in [0.15, 0.2) is 11.6 Å². The minimum Gasteiger partial charge on any atom is -0.432 e. The van der Waals surface area contributed by atoms with E-state index in [-0.39, 0.29) is 11.3 Å². The van der Waals surface area contributed by atoms with Crippen molar-refractivity contribution in [1.82, 2.24) is 4.98 Å². The number of benzene rings is 1. The van der Waals surface area contributed by atoms with Crippen LogP contribution in [-0.4, -0.2) is 17.5 Å². The molecule has 5 nitrogen and oxygen atoms in total. The first-order valence-corrected chi connectivity index (χ1v) is 6.12. The maximum atomic E-state index is 13.5. The minimum absolute atomic E-state index is 0.00379. The molecule has 0 spiro atoms. The van der Waals surface area contributed by atoms with Gasteiger partial charge in [-0.1, -0.05) is 0 Å².